The van der Waals surface area contributed by atoms with Crippen molar-refractivity contribution in [2.75, 3.05) is 4.90 Å². The predicted molar refractivity (Wildman–Crippen MR) is 197 cm³/mol. The maximum Gasteiger partial charge on any atom is 0.170 e. The van der Waals surface area contributed by atoms with Crippen LogP contribution in [0, 0.1) is 0 Å². The molecule has 232 valence electrons. The van der Waals surface area contributed by atoms with Crippen molar-refractivity contribution < 1.29 is 0 Å². The van der Waals surface area contributed by atoms with Gasteiger partial charge >= 0.3 is 0 Å². The van der Waals surface area contributed by atoms with Crippen molar-refractivity contribution in [1.82, 2.24) is 29.3 Å². The molecule has 49 heavy (non-hydrogen) atoms. The molecule has 0 bridgehead atoms. The Bertz CT molecular complexity index is 2410. The van der Waals surface area contributed by atoms with Gasteiger partial charge in [0.25, 0.3) is 0 Å². The molecule has 0 fully saturated rings. The highest BCUT2D eigenvalue weighted by Crippen LogP contribution is 2.37. The average molecular weight is 632 g/mol. The first-order chi connectivity index (χ1) is 24.3. The number of rotatable bonds is 7. The quantitative estimate of drug-likeness (QED) is 0.175. The van der Waals surface area contributed by atoms with Gasteiger partial charge in [-0.2, -0.15) is 0 Å². The first-order valence-electron chi connectivity index (χ1n) is 16.1. The molecule has 0 aliphatic rings. The van der Waals surface area contributed by atoms with E-state index in [1.807, 2.05) is 77.5 Å². The summed E-state index contributed by atoms with van der Waals surface area (Å²) < 4.78 is 4.37. The van der Waals surface area contributed by atoms with Crippen molar-refractivity contribution >= 4 is 39.0 Å². The molecule has 5 aromatic carbocycles. The van der Waals surface area contributed by atoms with E-state index in [9.17, 15) is 0 Å². The normalized spacial score (nSPS) is 11.3. The van der Waals surface area contributed by atoms with E-state index >= 15 is 0 Å². The summed E-state index contributed by atoms with van der Waals surface area (Å²) in [6, 6.07) is 54.3. The van der Waals surface area contributed by atoms with E-state index in [-0.39, 0.29) is 0 Å². The summed E-state index contributed by atoms with van der Waals surface area (Å²) in [5, 5.41) is 11.7. The van der Waals surface area contributed by atoms with Crippen molar-refractivity contribution in [3.63, 3.8) is 0 Å². The zero-order valence-corrected chi connectivity index (χ0v) is 26.4. The van der Waals surface area contributed by atoms with Crippen LogP contribution in [0.3, 0.4) is 0 Å². The Morgan fingerprint density at radius 1 is 0.429 bits per heavy atom. The number of fused-ring (bicyclic) bond motifs is 3. The predicted octanol–water partition coefficient (Wildman–Crippen LogP) is 9.96. The zero-order valence-electron chi connectivity index (χ0n) is 26.4. The largest absolute Gasteiger partial charge is 0.309 e. The molecule has 0 saturated carbocycles. The molecule has 0 atom stereocenters. The van der Waals surface area contributed by atoms with Crippen LogP contribution >= 0.6 is 0 Å². The van der Waals surface area contributed by atoms with Gasteiger partial charge < -0.3 is 4.57 Å². The Morgan fingerprint density at radius 3 is 1.63 bits per heavy atom. The van der Waals surface area contributed by atoms with E-state index in [0.29, 0.717) is 5.82 Å². The van der Waals surface area contributed by atoms with Crippen LogP contribution in [0.4, 0.5) is 17.2 Å². The molecule has 0 radical (unpaired) electrons. The second-order valence-electron chi connectivity index (χ2n) is 11.7. The number of hydrogen-bond acceptors (Lipinski definition) is 5. The van der Waals surface area contributed by atoms with Gasteiger partial charge in [0.05, 0.1) is 22.9 Å². The minimum Gasteiger partial charge on any atom is -0.309 e. The van der Waals surface area contributed by atoms with Gasteiger partial charge in [0.1, 0.15) is 5.82 Å². The number of para-hydroxylation sites is 3. The molecule has 0 amide bonds. The van der Waals surface area contributed by atoms with Crippen LogP contribution in [-0.2, 0) is 0 Å². The molecule has 7 heteroatoms. The molecule has 4 aromatic heterocycles. The highest BCUT2D eigenvalue weighted by atomic mass is 15.3. The van der Waals surface area contributed by atoms with Crippen LogP contribution in [0.25, 0.3) is 56.0 Å². The Kier molecular flexibility index (Phi) is 6.98. The minimum atomic E-state index is 0.696. The van der Waals surface area contributed by atoms with E-state index in [1.165, 1.54) is 21.8 Å². The monoisotopic (exact) mass is 631 g/mol. The van der Waals surface area contributed by atoms with Crippen molar-refractivity contribution in [2.45, 2.75) is 0 Å². The van der Waals surface area contributed by atoms with Crippen molar-refractivity contribution in [2.24, 2.45) is 0 Å². The standard InChI is InChI=1S/C42H29N7/c1-3-12-30(13-4-1)41-45-46-42(31-14-11-27-43-28-31)49(41)35-25-26-40(44-29-35)47(32-15-5-2-6-16-32)33-21-23-34(24-22-33)48-38-19-9-7-17-36(38)37-18-8-10-20-39(37)48/h1-29H. The van der Waals surface area contributed by atoms with E-state index in [1.54, 1.807) is 12.4 Å². The number of pyridine rings is 2. The number of benzene rings is 5. The average Bonchev–Trinajstić information content (AvgIpc) is 3.77. The molecular weight excluding hydrogens is 603 g/mol. The first kappa shape index (κ1) is 28.4. The van der Waals surface area contributed by atoms with E-state index in [4.69, 9.17) is 4.98 Å². The van der Waals surface area contributed by atoms with E-state index in [2.05, 4.69) is 116 Å². The van der Waals surface area contributed by atoms with E-state index < -0.39 is 0 Å². The van der Waals surface area contributed by atoms with Gasteiger partial charge in [0, 0.05) is 51.4 Å². The lowest BCUT2D eigenvalue weighted by Gasteiger charge is -2.25. The van der Waals surface area contributed by atoms with Gasteiger partial charge in [-0.25, -0.2) is 4.98 Å². The number of nitrogens with zero attached hydrogens (tertiary/aromatic N) is 7. The topological polar surface area (TPSA) is 64.7 Å². The van der Waals surface area contributed by atoms with Crippen molar-refractivity contribution in [3.8, 4) is 34.2 Å². The lowest BCUT2D eigenvalue weighted by molar-refractivity contribution is 1.04. The van der Waals surface area contributed by atoms with Gasteiger partial charge in [0.2, 0.25) is 0 Å². The van der Waals surface area contributed by atoms with Crippen molar-refractivity contribution in [3.05, 3.63) is 176 Å². The summed E-state index contributed by atoms with van der Waals surface area (Å²) in [5.74, 6) is 2.22. The molecule has 9 aromatic rings. The Labute approximate surface area is 283 Å². The fraction of sp³-hybridized carbons (Fsp3) is 0. The van der Waals surface area contributed by atoms with Crippen LogP contribution in [-0.4, -0.2) is 29.3 Å². The summed E-state index contributed by atoms with van der Waals surface area (Å²) in [7, 11) is 0. The highest BCUT2D eigenvalue weighted by Gasteiger charge is 2.20. The lowest BCUT2D eigenvalue weighted by Crippen LogP contribution is -2.12. The van der Waals surface area contributed by atoms with Crippen LogP contribution < -0.4 is 4.90 Å². The smallest absolute Gasteiger partial charge is 0.170 e. The third kappa shape index (κ3) is 5.01. The third-order valence-corrected chi connectivity index (χ3v) is 8.79. The highest BCUT2D eigenvalue weighted by molar-refractivity contribution is 6.09. The molecule has 4 heterocycles. The third-order valence-electron chi connectivity index (χ3n) is 8.79. The second-order valence-corrected chi connectivity index (χ2v) is 11.7. The summed E-state index contributed by atoms with van der Waals surface area (Å²) in [4.78, 5) is 11.5. The summed E-state index contributed by atoms with van der Waals surface area (Å²) >= 11 is 0. The number of hydrogen-bond donors (Lipinski definition) is 0. The molecule has 0 N–H and O–H groups in total. The summed E-state index contributed by atoms with van der Waals surface area (Å²) in [6.07, 6.45) is 5.44. The minimum absolute atomic E-state index is 0.696. The molecule has 7 nitrogen and oxygen atoms in total. The maximum atomic E-state index is 5.04. The Hall–Kier alpha value is -6.86. The number of aromatic nitrogens is 6. The Morgan fingerprint density at radius 2 is 1.00 bits per heavy atom. The molecule has 0 aliphatic heterocycles. The summed E-state index contributed by atoms with van der Waals surface area (Å²) in [5.41, 5.74) is 8.16. The molecular formula is C42H29N7. The molecule has 0 spiro atoms. The SMILES string of the molecule is c1ccc(-c2nnc(-c3cccnc3)n2-c2ccc(N(c3ccccc3)c3ccc(-n4c5ccccc5c5ccccc54)cc3)nc2)cc1. The maximum absolute atomic E-state index is 5.04. The van der Waals surface area contributed by atoms with E-state index in [0.717, 1.165) is 45.5 Å². The van der Waals surface area contributed by atoms with Crippen LogP contribution in [0.5, 0.6) is 0 Å². The van der Waals surface area contributed by atoms with Gasteiger partial charge in [-0.05, 0) is 72.8 Å². The molecule has 9 rings (SSSR count). The van der Waals surface area contributed by atoms with Gasteiger partial charge in [-0.15, -0.1) is 10.2 Å². The molecule has 0 saturated heterocycles. The van der Waals surface area contributed by atoms with Gasteiger partial charge in [-0.1, -0.05) is 84.9 Å². The number of anilines is 3. The van der Waals surface area contributed by atoms with Crippen molar-refractivity contribution in [1.29, 1.82) is 0 Å². The van der Waals surface area contributed by atoms with Gasteiger partial charge in [0.15, 0.2) is 11.6 Å². The molecule has 0 unspecified atom stereocenters. The summed E-state index contributed by atoms with van der Waals surface area (Å²) in [6.45, 7) is 0. The van der Waals surface area contributed by atoms with Crippen LogP contribution in [0.15, 0.2) is 176 Å². The Balaban J connectivity index is 1.13. The fourth-order valence-corrected chi connectivity index (χ4v) is 6.57. The molecule has 0 aliphatic carbocycles. The first-order valence-corrected chi connectivity index (χ1v) is 16.1. The van der Waals surface area contributed by atoms with Gasteiger partial charge in [-0.3, -0.25) is 14.5 Å². The van der Waals surface area contributed by atoms with Crippen LogP contribution in [0.2, 0.25) is 0 Å². The van der Waals surface area contributed by atoms with Crippen LogP contribution in [0.1, 0.15) is 0 Å². The second kappa shape index (κ2) is 12.1. The zero-order chi connectivity index (χ0) is 32.6. The fourth-order valence-electron chi connectivity index (χ4n) is 6.57. The lowest BCUT2D eigenvalue weighted by atomic mass is 10.2.